The van der Waals surface area contributed by atoms with Crippen LogP contribution < -0.4 is 0 Å². The second kappa shape index (κ2) is 8.37. The minimum absolute atomic E-state index is 0.148. The van der Waals surface area contributed by atoms with E-state index in [2.05, 4.69) is 39.6 Å². The molecule has 0 saturated carbocycles. The Kier molecular flexibility index (Phi) is 5.50. The van der Waals surface area contributed by atoms with Gasteiger partial charge in [-0.15, -0.1) is 10.2 Å². The van der Waals surface area contributed by atoms with Crippen molar-refractivity contribution in [1.82, 2.24) is 20.3 Å². The maximum absolute atomic E-state index is 12.5. The smallest absolute Gasteiger partial charge is 0.269 e. The van der Waals surface area contributed by atoms with Gasteiger partial charge in [-0.3, -0.25) is 4.79 Å². The first kappa shape index (κ1) is 18.4. The number of nitrogens with zero attached hydrogens (tertiary/aromatic N) is 4. The quantitative estimate of drug-likeness (QED) is 0.651. The van der Waals surface area contributed by atoms with Crippen LogP contribution in [0.4, 0.5) is 0 Å². The molecular weight excluding hydrogens is 356 g/mol. The molecule has 146 valence electrons. The fourth-order valence-electron chi connectivity index (χ4n) is 3.63. The van der Waals surface area contributed by atoms with Gasteiger partial charge in [0.15, 0.2) is 5.69 Å². The highest BCUT2D eigenvalue weighted by Gasteiger charge is 2.23. The fourth-order valence-corrected chi connectivity index (χ4v) is 3.63. The Morgan fingerprint density at radius 3 is 2.68 bits per heavy atom. The molecule has 3 aromatic rings. The maximum Gasteiger partial charge on any atom is 0.269 e. The van der Waals surface area contributed by atoms with E-state index in [0.29, 0.717) is 42.0 Å². The molecule has 1 fully saturated rings. The predicted molar refractivity (Wildman–Crippen MR) is 102 cm³/mol. The normalized spacial score (nSPS) is 15.1. The fraction of sp³-hybridized carbons (Fsp3) is 0.429. The van der Waals surface area contributed by atoms with Crippen LogP contribution in [0, 0.1) is 12.8 Å². The van der Waals surface area contributed by atoms with Gasteiger partial charge >= 0.3 is 0 Å². The van der Waals surface area contributed by atoms with Gasteiger partial charge in [0, 0.05) is 32.0 Å². The Labute approximate surface area is 163 Å². The molecule has 0 N–H and O–H groups in total. The molecule has 0 radical (unpaired) electrons. The Hall–Kier alpha value is -2.96. The van der Waals surface area contributed by atoms with Gasteiger partial charge in [0.1, 0.15) is 5.76 Å². The summed E-state index contributed by atoms with van der Waals surface area (Å²) in [5.41, 5.74) is 1.89. The minimum atomic E-state index is 0.148. The summed E-state index contributed by atoms with van der Waals surface area (Å²) in [6.07, 6.45) is 4.01. The molecule has 1 aliphatic heterocycles. The van der Waals surface area contributed by atoms with E-state index < -0.39 is 0 Å². The van der Waals surface area contributed by atoms with Crippen molar-refractivity contribution in [3.63, 3.8) is 0 Å². The van der Waals surface area contributed by atoms with Crippen LogP contribution >= 0.6 is 0 Å². The van der Waals surface area contributed by atoms with Crippen LogP contribution in [0.1, 0.15) is 36.5 Å². The van der Waals surface area contributed by atoms with E-state index in [9.17, 15) is 4.79 Å². The zero-order valence-electron chi connectivity index (χ0n) is 16.0. The van der Waals surface area contributed by atoms with Crippen LogP contribution in [0.2, 0.25) is 0 Å². The van der Waals surface area contributed by atoms with Crippen LogP contribution in [0.25, 0.3) is 11.6 Å². The topological polar surface area (TPSA) is 85.3 Å². The van der Waals surface area contributed by atoms with Crippen LogP contribution in [0.15, 0.2) is 45.3 Å². The van der Waals surface area contributed by atoms with Gasteiger partial charge < -0.3 is 13.8 Å². The molecule has 0 unspecified atom stereocenters. The number of rotatable bonds is 6. The van der Waals surface area contributed by atoms with E-state index in [1.54, 1.807) is 13.0 Å². The third kappa shape index (κ3) is 4.47. The molecule has 0 atom stereocenters. The van der Waals surface area contributed by atoms with Crippen molar-refractivity contribution in [2.24, 2.45) is 5.92 Å². The first-order valence-electron chi connectivity index (χ1n) is 9.75. The third-order valence-corrected chi connectivity index (χ3v) is 5.20. The highest BCUT2D eigenvalue weighted by molar-refractivity contribution is 5.76. The molecule has 4 rings (SSSR count). The largest absolute Gasteiger partial charge is 0.419 e. The first-order chi connectivity index (χ1) is 13.7. The number of hydrogen-bond acceptors (Lipinski definition) is 6. The lowest BCUT2D eigenvalue weighted by molar-refractivity contribution is -0.132. The monoisotopic (exact) mass is 380 g/mol. The van der Waals surface area contributed by atoms with Crippen LogP contribution in [-0.2, 0) is 17.6 Å². The molecule has 2 aromatic heterocycles. The van der Waals surface area contributed by atoms with Gasteiger partial charge in [-0.2, -0.15) is 0 Å². The highest BCUT2D eigenvalue weighted by Crippen LogP contribution is 2.23. The molecular formula is C21H24N4O3. The molecule has 1 saturated heterocycles. The predicted octanol–water partition coefficient (Wildman–Crippen LogP) is 3.45. The van der Waals surface area contributed by atoms with E-state index in [4.69, 9.17) is 8.94 Å². The summed E-state index contributed by atoms with van der Waals surface area (Å²) in [7, 11) is 0. The van der Waals surface area contributed by atoms with Gasteiger partial charge in [-0.05, 0) is 37.7 Å². The number of piperidine rings is 1. The number of carbonyl (C=O) groups is 1. The summed E-state index contributed by atoms with van der Waals surface area (Å²) in [6.45, 7) is 3.45. The van der Waals surface area contributed by atoms with E-state index in [0.717, 1.165) is 32.4 Å². The Balaban J connectivity index is 1.23. The van der Waals surface area contributed by atoms with Crippen molar-refractivity contribution in [3.05, 3.63) is 53.6 Å². The zero-order chi connectivity index (χ0) is 19.3. The number of hydrogen-bond donors (Lipinski definition) is 0. The summed E-state index contributed by atoms with van der Waals surface area (Å²) in [5.74, 6) is 2.25. The standard InChI is InChI=1S/C21H24N4O3/c1-15-13-18(24-28-15)21-23-22-19(27-21)7-8-20(26)25-11-9-17(10-12-25)14-16-5-3-2-4-6-16/h2-6,13,17H,7-12,14H2,1H3. The number of likely N-dealkylation sites (tertiary alicyclic amines) is 1. The highest BCUT2D eigenvalue weighted by atomic mass is 16.5. The van der Waals surface area contributed by atoms with Crippen molar-refractivity contribution in [2.75, 3.05) is 13.1 Å². The van der Waals surface area contributed by atoms with E-state index in [1.165, 1.54) is 5.56 Å². The summed E-state index contributed by atoms with van der Waals surface area (Å²) in [4.78, 5) is 14.5. The molecule has 0 aliphatic carbocycles. The van der Waals surface area contributed by atoms with Crippen molar-refractivity contribution in [1.29, 1.82) is 0 Å². The lowest BCUT2D eigenvalue weighted by Gasteiger charge is -2.32. The van der Waals surface area contributed by atoms with Gasteiger partial charge in [-0.1, -0.05) is 35.5 Å². The SMILES string of the molecule is Cc1cc(-c2nnc(CCC(=O)N3CCC(Cc4ccccc4)CC3)o2)no1. The zero-order valence-corrected chi connectivity index (χ0v) is 16.0. The summed E-state index contributed by atoms with van der Waals surface area (Å²) >= 11 is 0. The molecule has 0 bridgehead atoms. The van der Waals surface area contributed by atoms with Crippen LogP contribution in [0.3, 0.4) is 0 Å². The van der Waals surface area contributed by atoms with E-state index in [-0.39, 0.29) is 5.91 Å². The molecule has 1 amide bonds. The van der Waals surface area contributed by atoms with Crippen molar-refractivity contribution in [2.45, 2.75) is 39.0 Å². The second-order valence-corrected chi connectivity index (χ2v) is 7.34. The Morgan fingerprint density at radius 1 is 1.18 bits per heavy atom. The number of amides is 1. The molecule has 28 heavy (non-hydrogen) atoms. The lowest BCUT2D eigenvalue weighted by atomic mass is 9.90. The first-order valence-corrected chi connectivity index (χ1v) is 9.75. The summed E-state index contributed by atoms with van der Waals surface area (Å²) in [6, 6.07) is 12.3. The second-order valence-electron chi connectivity index (χ2n) is 7.34. The Bertz CT molecular complexity index is 911. The van der Waals surface area contributed by atoms with Gasteiger partial charge in [0.2, 0.25) is 11.8 Å². The van der Waals surface area contributed by atoms with Gasteiger partial charge in [0.05, 0.1) is 0 Å². The maximum atomic E-state index is 12.5. The van der Waals surface area contributed by atoms with Crippen molar-refractivity contribution in [3.8, 4) is 11.6 Å². The molecule has 1 aromatic carbocycles. The van der Waals surface area contributed by atoms with E-state index in [1.807, 2.05) is 11.0 Å². The number of aryl methyl sites for hydroxylation is 2. The Morgan fingerprint density at radius 2 is 1.96 bits per heavy atom. The van der Waals surface area contributed by atoms with Gasteiger partial charge in [0.25, 0.3) is 5.89 Å². The average Bonchev–Trinajstić information content (AvgIpc) is 3.36. The molecule has 7 nitrogen and oxygen atoms in total. The summed E-state index contributed by atoms with van der Waals surface area (Å²) < 4.78 is 10.6. The van der Waals surface area contributed by atoms with E-state index >= 15 is 0 Å². The number of aromatic nitrogens is 3. The average molecular weight is 380 g/mol. The molecule has 1 aliphatic rings. The molecule has 7 heteroatoms. The van der Waals surface area contributed by atoms with Gasteiger partial charge in [-0.25, -0.2) is 0 Å². The third-order valence-electron chi connectivity index (χ3n) is 5.20. The van der Waals surface area contributed by atoms with Crippen molar-refractivity contribution >= 4 is 5.91 Å². The minimum Gasteiger partial charge on any atom is -0.419 e. The summed E-state index contributed by atoms with van der Waals surface area (Å²) in [5, 5.41) is 11.8. The van der Waals surface area contributed by atoms with Crippen molar-refractivity contribution < 1.29 is 13.7 Å². The van der Waals surface area contributed by atoms with Crippen LogP contribution in [0.5, 0.6) is 0 Å². The molecule has 0 spiro atoms. The lowest BCUT2D eigenvalue weighted by Crippen LogP contribution is -2.39. The molecule has 3 heterocycles. The van der Waals surface area contributed by atoms with Crippen LogP contribution in [-0.4, -0.2) is 39.3 Å². The number of carbonyl (C=O) groups excluding carboxylic acids is 1. The number of benzene rings is 1.